The Bertz CT molecular complexity index is 857. The largest absolute Gasteiger partial charge is 0.452 e. The number of hydrogen-bond acceptors (Lipinski definition) is 2. The van der Waals surface area contributed by atoms with E-state index in [1.54, 1.807) is 0 Å². The van der Waals surface area contributed by atoms with Crippen molar-refractivity contribution in [1.29, 1.82) is 0 Å². The molecule has 2 nitrogen and oxygen atoms in total. The van der Waals surface area contributed by atoms with Gasteiger partial charge in [0.15, 0.2) is 18.3 Å². The average molecular weight is 463 g/mol. The molecule has 0 heterocycles. The molecule has 0 aliphatic heterocycles. The third kappa shape index (κ3) is 6.58. The molecule has 0 amide bonds. The third-order valence-corrected chi connectivity index (χ3v) is 13.8. The van der Waals surface area contributed by atoms with Crippen molar-refractivity contribution in [3.05, 3.63) is 84.9 Å². The van der Waals surface area contributed by atoms with E-state index in [4.69, 9.17) is 8.23 Å². The summed E-state index contributed by atoms with van der Waals surface area (Å²) in [7, 11) is -2.97. The predicted octanol–water partition coefficient (Wildman–Crippen LogP) is 2.05. The Balaban J connectivity index is 1.89. The topological polar surface area (TPSA) is 18.5 Å². The molecule has 6 radical (unpaired) electrons. The number of rotatable bonds is 9. The molecule has 0 aromatic heterocycles. The standard InChI is InChI=1S/C22H26O2Si5/c1-26(2)24-29(20-13-9-6-10-14-20)22-17-15-21(16-18-22)28(23-25-27(3)4)19-11-7-5-8-12-19/h5-18H,1-4H3. The summed E-state index contributed by atoms with van der Waals surface area (Å²) < 4.78 is 13.0. The second-order valence-electron chi connectivity index (χ2n) is 7.18. The molecule has 146 valence electrons. The SMILES string of the molecule is C[Si](C)O[Si](c1ccccc1)c1ccc([Si](O[Si][Si](C)C)c2ccccc2)cc1. The molecule has 29 heavy (non-hydrogen) atoms. The quantitative estimate of drug-likeness (QED) is 0.453. The van der Waals surface area contributed by atoms with Gasteiger partial charge in [-0.25, -0.2) is 0 Å². The lowest BCUT2D eigenvalue weighted by Crippen LogP contribution is -2.50. The summed E-state index contributed by atoms with van der Waals surface area (Å²) in [5, 5.41) is 5.25. The van der Waals surface area contributed by atoms with Crippen LogP contribution in [0.3, 0.4) is 0 Å². The van der Waals surface area contributed by atoms with E-state index < -0.39 is 35.4 Å². The first kappa shape index (κ1) is 22.4. The van der Waals surface area contributed by atoms with Crippen molar-refractivity contribution in [3.63, 3.8) is 0 Å². The zero-order chi connectivity index (χ0) is 20.6. The summed E-state index contributed by atoms with van der Waals surface area (Å²) in [6.45, 7) is 9.06. The molecule has 3 aromatic carbocycles. The summed E-state index contributed by atoms with van der Waals surface area (Å²) in [6.07, 6.45) is 0. The lowest BCUT2D eigenvalue weighted by atomic mass is 10.3. The molecule has 0 aliphatic carbocycles. The van der Waals surface area contributed by atoms with Crippen LogP contribution in [0.15, 0.2) is 84.9 Å². The molecule has 0 saturated carbocycles. The van der Waals surface area contributed by atoms with Crippen LogP contribution >= 0.6 is 0 Å². The van der Waals surface area contributed by atoms with Crippen LogP contribution < -0.4 is 20.7 Å². The number of benzene rings is 3. The highest BCUT2D eigenvalue weighted by Gasteiger charge is 2.24. The van der Waals surface area contributed by atoms with E-state index in [2.05, 4.69) is 111 Å². The zero-order valence-corrected chi connectivity index (χ0v) is 22.4. The highest BCUT2D eigenvalue weighted by atomic mass is 29.2. The van der Waals surface area contributed by atoms with Gasteiger partial charge in [0.25, 0.3) is 18.1 Å². The van der Waals surface area contributed by atoms with Gasteiger partial charge >= 0.3 is 0 Å². The van der Waals surface area contributed by atoms with Crippen LogP contribution in [0, 0.1) is 0 Å². The van der Waals surface area contributed by atoms with Gasteiger partial charge in [-0.15, -0.1) is 0 Å². The maximum absolute atomic E-state index is 6.48. The van der Waals surface area contributed by atoms with Crippen molar-refractivity contribution in [3.8, 4) is 0 Å². The average Bonchev–Trinajstić information content (AvgIpc) is 2.74. The fourth-order valence-corrected chi connectivity index (χ4v) is 13.0. The first-order valence-electron chi connectivity index (χ1n) is 9.71. The summed E-state index contributed by atoms with van der Waals surface area (Å²) in [4.78, 5) is 0. The van der Waals surface area contributed by atoms with Gasteiger partial charge in [0, 0.05) is 0 Å². The van der Waals surface area contributed by atoms with Gasteiger partial charge in [0.05, 0.1) is 8.31 Å². The van der Waals surface area contributed by atoms with Gasteiger partial charge in [-0.3, -0.25) is 0 Å². The first-order chi connectivity index (χ1) is 14.0. The molecule has 0 aliphatic rings. The normalized spacial score (nSPS) is 11.7. The fourth-order valence-electron chi connectivity index (χ4n) is 2.88. The summed E-state index contributed by atoms with van der Waals surface area (Å²) in [5.74, 6) is 0. The Morgan fingerprint density at radius 3 is 1.41 bits per heavy atom. The second kappa shape index (κ2) is 11.2. The minimum absolute atomic E-state index is 0.395. The van der Waals surface area contributed by atoms with Crippen LogP contribution in [0.25, 0.3) is 0 Å². The van der Waals surface area contributed by atoms with Crippen LogP contribution in [0.4, 0.5) is 0 Å². The first-order valence-corrected chi connectivity index (χ1v) is 19.3. The van der Waals surface area contributed by atoms with Crippen LogP contribution in [-0.4, -0.2) is 44.7 Å². The van der Waals surface area contributed by atoms with Gasteiger partial charge in [-0.2, -0.15) is 0 Å². The maximum atomic E-state index is 6.48. The number of hydrogen-bond donors (Lipinski definition) is 0. The molecule has 0 saturated heterocycles. The van der Waals surface area contributed by atoms with E-state index in [1.165, 1.54) is 20.7 Å². The monoisotopic (exact) mass is 462 g/mol. The lowest BCUT2D eigenvalue weighted by molar-refractivity contribution is 0.620. The predicted molar refractivity (Wildman–Crippen MR) is 132 cm³/mol. The van der Waals surface area contributed by atoms with E-state index in [0.29, 0.717) is 9.28 Å². The van der Waals surface area contributed by atoms with Crippen LogP contribution in [0.1, 0.15) is 0 Å². The molecule has 3 rings (SSSR count). The minimum Gasteiger partial charge on any atom is -0.452 e. The van der Waals surface area contributed by atoms with Crippen LogP contribution in [0.5, 0.6) is 0 Å². The molecule has 0 N–H and O–H groups in total. The minimum atomic E-state index is -1.21. The van der Waals surface area contributed by atoms with E-state index in [-0.39, 0.29) is 0 Å². The van der Waals surface area contributed by atoms with Gasteiger partial charge in [0.2, 0.25) is 0 Å². The molecular formula is C22H26O2Si5. The van der Waals surface area contributed by atoms with Crippen molar-refractivity contribution >= 4 is 65.5 Å². The van der Waals surface area contributed by atoms with E-state index in [0.717, 1.165) is 0 Å². The Hall–Kier alpha value is -1.34. The van der Waals surface area contributed by atoms with Crippen LogP contribution in [-0.2, 0) is 8.23 Å². The van der Waals surface area contributed by atoms with E-state index in [9.17, 15) is 0 Å². The van der Waals surface area contributed by atoms with Crippen molar-refractivity contribution < 1.29 is 8.23 Å². The molecule has 7 heteroatoms. The lowest BCUT2D eigenvalue weighted by Gasteiger charge is -2.20. The fraction of sp³-hybridized carbons (Fsp3) is 0.182. The molecular weight excluding hydrogens is 437 g/mol. The van der Waals surface area contributed by atoms with Gasteiger partial charge < -0.3 is 8.23 Å². The highest BCUT2D eigenvalue weighted by molar-refractivity contribution is 7.10. The highest BCUT2D eigenvalue weighted by Crippen LogP contribution is 1.99. The molecule has 3 aromatic rings. The van der Waals surface area contributed by atoms with Gasteiger partial charge in [-0.05, 0) is 33.8 Å². The second-order valence-corrected chi connectivity index (χ2v) is 20.1. The zero-order valence-electron chi connectivity index (χ0n) is 17.4. The Labute approximate surface area is 184 Å². The van der Waals surface area contributed by atoms with Gasteiger partial charge in [-0.1, -0.05) is 98.0 Å². The van der Waals surface area contributed by atoms with Crippen molar-refractivity contribution in [2.75, 3.05) is 0 Å². The summed E-state index contributed by atoms with van der Waals surface area (Å²) in [6, 6.07) is 30.5. The molecule has 0 bridgehead atoms. The van der Waals surface area contributed by atoms with Crippen LogP contribution in [0.2, 0.25) is 26.2 Å². The van der Waals surface area contributed by atoms with E-state index in [1.807, 2.05) is 0 Å². The molecule has 0 unspecified atom stereocenters. The van der Waals surface area contributed by atoms with Crippen molar-refractivity contribution in [1.82, 2.24) is 0 Å². The Morgan fingerprint density at radius 1 is 0.552 bits per heavy atom. The van der Waals surface area contributed by atoms with E-state index >= 15 is 0 Å². The Kier molecular flexibility index (Phi) is 8.60. The molecule has 0 atom stereocenters. The molecule has 0 spiro atoms. The molecule has 0 fully saturated rings. The maximum Gasteiger partial charge on any atom is 0.272 e. The van der Waals surface area contributed by atoms with Crippen molar-refractivity contribution in [2.45, 2.75) is 26.2 Å². The Morgan fingerprint density at radius 2 is 0.966 bits per heavy atom. The summed E-state index contributed by atoms with van der Waals surface area (Å²) >= 11 is 0. The smallest absolute Gasteiger partial charge is 0.272 e. The summed E-state index contributed by atoms with van der Waals surface area (Å²) in [5.41, 5.74) is 0. The van der Waals surface area contributed by atoms with Gasteiger partial charge in [0.1, 0.15) is 0 Å². The van der Waals surface area contributed by atoms with Crippen molar-refractivity contribution in [2.24, 2.45) is 0 Å². The third-order valence-electron chi connectivity index (χ3n) is 4.14.